The van der Waals surface area contributed by atoms with Crippen LogP contribution in [0.1, 0.15) is 33.6 Å². The van der Waals surface area contributed by atoms with E-state index >= 15 is 0 Å². The van der Waals surface area contributed by atoms with Gasteiger partial charge in [0.1, 0.15) is 5.60 Å². The zero-order valence-electron chi connectivity index (χ0n) is 14.8. The van der Waals surface area contributed by atoms with Gasteiger partial charge in [0.15, 0.2) is 0 Å². The molecule has 1 heterocycles. The second kappa shape index (κ2) is 7.55. The number of ether oxygens (including phenoxy) is 2. The van der Waals surface area contributed by atoms with Crippen molar-refractivity contribution >= 4 is 17.9 Å². The topological polar surface area (TPSA) is 59.1 Å². The summed E-state index contributed by atoms with van der Waals surface area (Å²) >= 11 is 0. The molecule has 2 rings (SSSR count). The highest BCUT2D eigenvalue weighted by Crippen LogP contribution is 2.24. The van der Waals surface area contributed by atoms with Gasteiger partial charge < -0.3 is 14.4 Å². The number of para-hydroxylation sites is 1. The van der Waals surface area contributed by atoms with E-state index in [0.717, 1.165) is 18.5 Å². The fourth-order valence-electron chi connectivity index (χ4n) is 2.81. The maximum atomic E-state index is 12.3. The maximum absolute atomic E-state index is 12.3. The summed E-state index contributed by atoms with van der Waals surface area (Å²) in [5.41, 5.74) is 0.228. The van der Waals surface area contributed by atoms with Crippen LogP contribution in [0.4, 0.5) is 15.3 Å². The second-order valence-corrected chi connectivity index (χ2v) is 6.90. The predicted molar refractivity (Wildman–Crippen MR) is 92.2 cm³/mol. The third-order valence-electron chi connectivity index (χ3n) is 3.82. The number of hydrogen-bond donors (Lipinski definition) is 0. The average Bonchev–Trinajstić information content (AvgIpc) is 2.54. The van der Waals surface area contributed by atoms with Gasteiger partial charge in [0.05, 0.1) is 13.2 Å². The number of amides is 2. The normalized spacial score (nSPS) is 18.0. The number of piperidine rings is 1. The number of benzene rings is 1. The highest BCUT2D eigenvalue weighted by molar-refractivity contribution is 5.88. The van der Waals surface area contributed by atoms with Crippen molar-refractivity contribution in [1.82, 2.24) is 4.90 Å². The number of carbonyl (C=O) groups is 2. The van der Waals surface area contributed by atoms with Crippen LogP contribution < -0.4 is 4.90 Å². The summed E-state index contributed by atoms with van der Waals surface area (Å²) in [7, 11) is 1.37. The van der Waals surface area contributed by atoms with Crippen molar-refractivity contribution in [1.29, 1.82) is 0 Å². The van der Waals surface area contributed by atoms with Crippen molar-refractivity contribution in [2.75, 3.05) is 25.1 Å². The molecule has 0 bridgehead atoms. The highest BCUT2D eigenvalue weighted by Gasteiger charge is 2.33. The molecule has 1 saturated heterocycles. The van der Waals surface area contributed by atoms with Crippen molar-refractivity contribution in [3.63, 3.8) is 0 Å². The van der Waals surface area contributed by atoms with Gasteiger partial charge in [-0.2, -0.15) is 0 Å². The van der Waals surface area contributed by atoms with Crippen LogP contribution in [0.2, 0.25) is 0 Å². The molecule has 1 aliphatic heterocycles. The number of rotatable bonds is 2. The number of methoxy groups -OCH3 is 1. The van der Waals surface area contributed by atoms with Gasteiger partial charge in [-0.1, -0.05) is 18.2 Å². The minimum Gasteiger partial charge on any atom is -0.452 e. The molecule has 0 N–H and O–H groups in total. The standard InChI is InChI=1S/C18H26N2O4/c1-18(2,3)24-16(21)19-12-8-11-15(13-19)20(17(22)23-4)14-9-6-5-7-10-14/h5-7,9-10,15H,8,11-13H2,1-4H3. The number of anilines is 1. The van der Waals surface area contributed by atoms with Gasteiger partial charge in [-0.3, -0.25) is 4.90 Å². The molecular formula is C18H26N2O4. The predicted octanol–water partition coefficient (Wildman–Crippen LogP) is 3.66. The quantitative estimate of drug-likeness (QED) is 0.828. The molecule has 1 unspecified atom stereocenters. The lowest BCUT2D eigenvalue weighted by molar-refractivity contribution is 0.0196. The molecule has 1 aromatic carbocycles. The molecule has 6 heteroatoms. The zero-order valence-corrected chi connectivity index (χ0v) is 14.8. The molecule has 1 fully saturated rings. The van der Waals surface area contributed by atoms with Crippen molar-refractivity contribution in [2.24, 2.45) is 0 Å². The molecule has 0 aromatic heterocycles. The Balaban J connectivity index is 2.16. The van der Waals surface area contributed by atoms with Gasteiger partial charge in [0, 0.05) is 18.8 Å². The largest absolute Gasteiger partial charge is 0.452 e. The van der Waals surface area contributed by atoms with Gasteiger partial charge in [-0.15, -0.1) is 0 Å². The minimum absolute atomic E-state index is 0.138. The molecule has 132 valence electrons. The number of nitrogens with zero attached hydrogens (tertiary/aromatic N) is 2. The van der Waals surface area contributed by atoms with Crippen LogP contribution >= 0.6 is 0 Å². The molecule has 2 amide bonds. The lowest BCUT2D eigenvalue weighted by Gasteiger charge is -2.39. The molecule has 1 aliphatic rings. The lowest BCUT2D eigenvalue weighted by atomic mass is 10.0. The molecule has 1 atom stereocenters. The first kappa shape index (κ1) is 18.1. The average molecular weight is 334 g/mol. The van der Waals surface area contributed by atoms with Crippen LogP contribution in [0.15, 0.2) is 30.3 Å². The van der Waals surface area contributed by atoms with E-state index in [1.807, 2.05) is 51.1 Å². The zero-order chi connectivity index (χ0) is 17.7. The molecule has 0 spiro atoms. The molecule has 24 heavy (non-hydrogen) atoms. The van der Waals surface area contributed by atoms with Crippen LogP contribution in [0.5, 0.6) is 0 Å². The summed E-state index contributed by atoms with van der Waals surface area (Å²) in [4.78, 5) is 27.9. The third-order valence-corrected chi connectivity index (χ3v) is 3.82. The molecule has 6 nitrogen and oxygen atoms in total. The Bertz CT molecular complexity index is 568. The van der Waals surface area contributed by atoms with E-state index in [4.69, 9.17) is 9.47 Å². The Hall–Kier alpha value is -2.24. The first-order valence-electron chi connectivity index (χ1n) is 8.22. The summed E-state index contributed by atoms with van der Waals surface area (Å²) < 4.78 is 10.4. The van der Waals surface area contributed by atoms with E-state index in [1.54, 1.807) is 9.80 Å². The molecule has 1 aromatic rings. The van der Waals surface area contributed by atoms with Crippen molar-refractivity contribution in [3.8, 4) is 0 Å². The summed E-state index contributed by atoms with van der Waals surface area (Å²) in [5, 5.41) is 0. The van der Waals surface area contributed by atoms with E-state index in [9.17, 15) is 9.59 Å². The Morgan fingerprint density at radius 3 is 2.46 bits per heavy atom. The first-order chi connectivity index (χ1) is 11.3. The Morgan fingerprint density at radius 1 is 1.21 bits per heavy atom. The molecule has 0 aliphatic carbocycles. The highest BCUT2D eigenvalue weighted by atomic mass is 16.6. The van der Waals surface area contributed by atoms with E-state index in [0.29, 0.717) is 13.1 Å². The first-order valence-corrected chi connectivity index (χ1v) is 8.22. The van der Waals surface area contributed by atoms with E-state index in [-0.39, 0.29) is 12.1 Å². The Morgan fingerprint density at radius 2 is 1.88 bits per heavy atom. The summed E-state index contributed by atoms with van der Waals surface area (Å²) in [6.07, 6.45) is 0.857. The van der Waals surface area contributed by atoms with Gasteiger partial charge in [-0.25, -0.2) is 9.59 Å². The fraction of sp³-hybridized carbons (Fsp3) is 0.556. The second-order valence-electron chi connectivity index (χ2n) is 6.90. The summed E-state index contributed by atoms with van der Waals surface area (Å²) in [5.74, 6) is 0. The van der Waals surface area contributed by atoms with Gasteiger partial charge in [-0.05, 0) is 45.7 Å². The van der Waals surface area contributed by atoms with E-state index in [1.165, 1.54) is 7.11 Å². The molecule has 0 radical (unpaired) electrons. The number of hydrogen-bond acceptors (Lipinski definition) is 4. The van der Waals surface area contributed by atoms with Gasteiger partial charge in [0.2, 0.25) is 0 Å². The SMILES string of the molecule is COC(=O)N(c1ccccc1)C1CCCN(C(=O)OC(C)(C)C)C1. The smallest absolute Gasteiger partial charge is 0.414 e. The Labute approximate surface area is 143 Å². The summed E-state index contributed by atoms with van der Waals surface area (Å²) in [6, 6.07) is 9.24. The number of carbonyl (C=O) groups excluding carboxylic acids is 2. The third kappa shape index (κ3) is 4.63. The monoisotopic (exact) mass is 334 g/mol. The van der Waals surface area contributed by atoms with Crippen molar-refractivity contribution < 1.29 is 19.1 Å². The van der Waals surface area contributed by atoms with Crippen LogP contribution in [0, 0.1) is 0 Å². The van der Waals surface area contributed by atoms with Gasteiger partial charge in [0.25, 0.3) is 0 Å². The summed E-state index contributed by atoms with van der Waals surface area (Å²) in [6.45, 7) is 6.60. The van der Waals surface area contributed by atoms with Crippen molar-refractivity contribution in [3.05, 3.63) is 30.3 Å². The van der Waals surface area contributed by atoms with Crippen LogP contribution in [0.25, 0.3) is 0 Å². The number of likely N-dealkylation sites (tertiary alicyclic amines) is 1. The lowest BCUT2D eigenvalue weighted by Crippen LogP contribution is -2.52. The fourth-order valence-corrected chi connectivity index (χ4v) is 2.81. The Kier molecular flexibility index (Phi) is 5.70. The maximum Gasteiger partial charge on any atom is 0.414 e. The minimum atomic E-state index is -0.536. The van der Waals surface area contributed by atoms with Crippen LogP contribution in [-0.2, 0) is 9.47 Å². The molecular weight excluding hydrogens is 308 g/mol. The van der Waals surface area contributed by atoms with Crippen LogP contribution in [0.3, 0.4) is 0 Å². The van der Waals surface area contributed by atoms with Crippen LogP contribution in [-0.4, -0.2) is 48.9 Å². The van der Waals surface area contributed by atoms with E-state index < -0.39 is 11.7 Å². The van der Waals surface area contributed by atoms with E-state index in [2.05, 4.69) is 0 Å². The van der Waals surface area contributed by atoms with Crippen molar-refractivity contribution in [2.45, 2.75) is 45.3 Å². The molecule has 0 saturated carbocycles. The van der Waals surface area contributed by atoms with Gasteiger partial charge >= 0.3 is 12.2 Å².